The number of nitrogen functional groups attached to an aromatic ring is 1. The van der Waals surface area contributed by atoms with Gasteiger partial charge in [-0.15, -0.1) is 5.10 Å². The van der Waals surface area contributed by atoms with E-state index in [0.717, 1.165) is 6.07 Å². The molecule has 2 N–H and O–H groups in total. The Hall–Kier alpha value is -3.36. The molecule has 4 aromatic rings. The van der Waals surface area contributed by atoms with Crippen LogP contribution in [0.1, 0.15) is 0 Å². The van der Waals surface area contributed by atoms with Crippen molar-refractivity contribution in [3.63, 3.8) is 0 Å². The zero-order valence-electron chi connectivity index (χ0n) is 11.6. The molecule has 0 radical (unpaired) electrons. The molecule has 0 saturated heterocycles. The molecule has 0 spiro atoms. The first-order valence-electron chi connectivity index (χ1n) is 6.59. The van der Waals surface area contributed by atoms with Crippen molar-refractivity contribution in [1.29, 1.82) is 0 Å². The molecular weight excluding hydrogens is 304 g/mol. The Balaban J connectivity index is 1.90. The SMILES string of the molecule is Nc1ccc(F)c(-c2ccc3c(-n4cnnn4)ncn3c2)c1F. The highest BCUT2D eigenvalue weighted by Crippen LogP contribution is 2.30. The quantitative estimate of drug-likeness (QED) is 0.571. The van der Waals surface area contributed by atoms with E-state index in [1.54, 1.807) is 22.7 Å². The minimum absolute atomic E-state index is 0.110. The Morgan fingerprint density at radius 3 is 2.70 bits per heavy atom. The minimum atomic E-state index is -0.787. The van der Waals surface area contributed by atoms with Crippen molar-refractivity contribution in [2.75, 3.05) is 5.73 Å². The average Bonchev–Trinajstić information content (AvgIpc) is 3.19. The van der Waals surface area contributed by atoms with Crippen LogP contribution in [0.2, 0.25) is 0 Å². The summed E-state index contributed by atoms with van der Waals surface area (Å²) in [6.45, 7) is 0. The van der Waals surface area contributed by atoms with Crippen LogP contribution in [-0.4, -0.2) is 29.6 Å². The number of aromatic nitrogens is 6. The normalized spacial score (nSPS) is 11.2. The monoisotopic (exact) mass is 313 g/mol. The van der Waals surface area contributed by atoms with Gasteiger partial charge < -0.3 is 10.1 Å². The molecule has 9 heteroatoms. The molecule has 0 fully saturated rings. The van der Waals surface area contributed by atoms with Gasteiger partial charge in [-0.25, -0.2) is 13.8 Å². The molecule has 0 aliphatic rings. The number of halogens is 2. The first kappa shape index (κ1) is 13.3. The highest BCUT2D eigenvalue weighted by atomic mass is 19.1. The fourth-order valence-corrected chi connectivity index (χ4v) is 2.40. The summed E-state index contributed by atoms with van der Waals surface area (Å²) in [5.41, 5.74) is 6.27. The van der Waals surface area contributed by atoms with Crippen molar-refractivity contribution in [2.45, 2.75) is 0 Å². The van der Waals surface area contributed by atoms with Gasteiger partial charge in [0, 0.05) is 11.8 Å². The minimum Gasteiger partial charge on any atom is -0.396 e. The van der Waals surface area contributed by atoms with Gasteiger partial charge in [-0.2, -0.15) is 4.68 Å². The summed E-state index contributed by atoms with van der Waals surface area (Å²) in [6.07, 6.45) is 4.49. The predicted octanol–water partition coefficient (Wildman–Crippen LogP) is 1.84. The van der Waals surface area contributed by atoms with Crippen molar-refractivity contribution >= 4 is 11.2 Å². The van der Waals surface area contributed by atoms with Gasteiger partial charge in [-0.05, 0) is 28.6 Å². The molecule has 3 heterocycles. The van der Waals surface area contributed by atoms with Gasteiger partial charge in [-0.3, -0.25) is 0 Å². The topological polar surface area (TPSA) is 86.9 Å². The smallest absolute Gasteiger partial charge is 0.182 e. The van der Waals surface area contributed by atoms with E-state index in [4.69, 9.17) is 5.73 Å². The van der Waals surface area contributed by atoms with Gasteiger partial charge in [0.05, 0.1) is 16.8 Å². The van der Waals surface area contributed by atoms with E-state index < -0.39 is 11.6 Å². The molecule has 114 valence electrons. The molecule has 7 nitrogen and oxygen atoms in total. The first-order valence-corrected chi connectivity index (χ1v) is 6.59. The molecule has 0 atom stereocenters. The Morgan fingerprint density at radius 1 is 1.04 bits per heavy atom. The summed E-state index contributed by atoms with van der Waals surface area (Å²) >= 11 is 0. The van der Waals surface area contributed by atoms with Crippen LogP contribution in [0.15, 0.2) is 43.1 Å². The standard InChI is InChI=1S/C14H9F2N7/c15-9-2-3-10(17)13(16)12(9)8-1-4-11-14(18-6-22(11)5-8)23-7-19-20-21-23/h1-7H,17H2. The molecular formula is C14H9F2N7. The number of benzene rings is 1. The first-order chi connectivity index (χ1) is 11.1. The summed E-state index contributed by atoms with van der Waals surface area (Å²) < 4.78 is 31.2. The lowest BCUT2D eigenvalue weighted by Gasteiger charge is -2.08. The van der Waals surface area contributed by atoms with Crippen LogP contribution in [0.4, 0.5) is 14.5 Å². The lowest BCUT2D eigenvalue weighted by molar-refractivity contribution is 0.592. The number of hydrogen-bond acceptors (Lipinski definition) is 5. The van der Waals surface area contributed by atoms with Crippen molar-refractivity contribution in [2.24, 2.45) is 0 Å². The van der Waals surface area contributed by atoms with Crippen LogP contribution in [0, 0.1) is 11.6 Å². The van der Waals surface area contributed by atoms with Crippen molar-refractivity contribution < 1.29 is 8.78 Å². The molecule has 0 aliphatic heterocycles. The van der Waals surface area contributed by atoms with Crippen LogP contribution in [0.5, 0.6) is 0 Å². The van der Waals surface area contributed by atoms with Gasteiger partial charge in [0.2, 0.25) is 0 Å². The lowest BCUT2D eigenvalue weighted by Crippen LogP contribution is -1.98. The fourth-order valence-electron chi connectivity index (χ4n) is 2.40. The van der Waals surface area contributed by atoms with Crippen LogP contribution in [0.3, 0.4) is 0 Å². The third kappa shape index (κ3) is 2.01. The molecule has 4 rings (SSSR count). The summed E-state index contributed by atoms with van der Waals surface area (Å²) in [5, 5.41) is 10.9. The van der Waals surface area contributed by atoms with Gasteiger partial charge in [0.1, 0.15) is 18.5 Å². The maximum Gasteiger partial charge on any atom is 0.182 e. The van der Waals surface area contributed by atoms with E-state index in [9.17, 15) is 8.78 Å². The molecule has 0 aliphatic carbocycles. The number of imidazole rings is 1. The highest BCUT2D eigenvalue weighted by molar-refractivity contribution is 5.72. The van der Waals surface area contributed by atoms with Crippen LogP contribution in [0.25, 0.3) is 22.5 Å². The molecule has 3 aromatic heterocycles. The number of rotatable bonds is 2. The fraction of sp³-hybridized carbons (Fsp3) is 0. The molecule has 0 amide bonds. The van der Waals surface area contributed by atoms with Gasteiger partial charge in [0.25, 0.3) is 0 Å². The Labute approximate surface area is 128 Å². The summed E-state index contributed by atoms with van der Waals surface area (Å²) in [4.78, 5) is 4.21. The van der Waals surface area contributed by atoms with Crippen LogP contribution < -0.4 is 5.73 Å². The summed E-state index contributed by atoms with van der Waals surface area (Å²) in [5.74, 6) is -0.961. The number of nitrogens with two attached hydrogens (primary N) is 1. The second kappa shape index (κ2) is 4.83. The van der Waals surface area contributed by atoms with E-state index in [2.05, 4.69) is 20.5 Å². The second-order valence-electron chi connectivity index (χ2n) is 4.86. The highest BCUT2D eigenvalue weighted by Gasteiger charge is 2.16. The van der Waals surface area contributed by atoms with Crippen molar-refractivity contribution in [3.05, 3.63) is 54.8 Å². The summed E-state index contributed by atoms with van der Waals surface area (Å²) in [6, 6.07) is 5.60. The molecule has 0 saturated carbocycles. The van der Waals surface area contributed by atoms with Crippen LogP contribution in [-0.2, 0) is 0 Å². The van der Waals surface area contributed by atoms with Gasteiger partial charge in [-0.1, -0.05) is 6.07 Å². The zero-order chi connectivity index (χ0) is 16.0. The Morgan fingerprint density at radius 2 is 1.91 bits per heavy atom. The van der Waals surface area contributed by atoms with Gasteiger partial charge >= 0.3 is 0 Å². The van der Waals surface area contributed by atoms with Gasteiger partial charge in [0.15, 0.2) is 11.6 Å². The second-order valence-corrected chi connectivity index (χ2v) is 4.86. The Kier molecular flexibility index (Phi) is 2.80. The Bertz CT molecular complexity index is 1010. The largest absolute Gasteiger partial charge is 0.396 e. The number of anilines is 1. The summed E-state index contributed by atoms with van der Waals surface area (Å²) in [7, 11) is 0. The molecule has 1 aromatic carbocycles. The number of pyridine rings is 1. The number of nitrogens with zero attached hydrogens (tertiary/aromatic N) is 6. The number of hydrogen-bond donors (Lipinski definition) is 1. The predicted molar refractivity (Wildman–Crippen MR) is 77.7 cm³/mol. The zero-order valence-corrected chi connectivity index (χ0v) is 11.6. The van der Waals surface area contributed by atoms with Crippen molar-refractivity contribution in [1.82, 2.24) is 29.6 Å². The third-order valence-electron chi connectivity index (χ3n) is 3.49. The number of fused-ring (bicyclic) bond motifs is 1. The van der Waals surface area contributed by atoms with E-state index in [-0.39, 0.29) is 11.3 Å². The third-order valence-corrected chi connectivity index (χ3v) is 3.49. The maximum absolute atomic E-state index is 14.2. The van der Waals surface area contributed by atoms with E-state index >= 15 is 0 Å². The van der Waals surface area contributed by atoms with Crippen molar-refractivity contribution in [3.8, 4) is 16.9 Å². The van der Waals surface area contributed by atoms with E-state index in [0.29, 0.717) is 16.9 Å². The molecule has 23 heavy (non-hydrogen) atoms. The average molecular weight is 313 g/mol. The molecule has 0 bridgehead atoms. The van der Waals surface area contributed by atoms with Crippen LogP contribution >= 0.6 is 0 Å². The maximum atomic E-state index is 14.2. The van der Waals surface area contributed by atoms with E-state index in [1.807, 2.05) is 0 Å². The van der Waals surface area contributed by atoms with E-state index in [1.165, 1.54) is 23.4 Å². The molecule has 0 unspecified atom stereocenters. The lowest BCUT2D eigenvalue weighted by atomic mass is 10.1. The number of tetrazole rings is 1.